The Hall–Kier alpha value is -3.14. The van der Waals surface area contributed by atoms with E-state index in [2.05, 4.69) is 82.3 Å². The Morgan fingerprint density at radius 1 is 0.588 bits per heavy atom. The molecule has 0 amide bonds. The minimum atomic E-state index is 0.442. The SMILES string of the molecule is CC1(Cc2ncc(-c3ccc(-c4ccc(-c5cnc(CC6(C)CCC6)[nH]5)cc4)cc3)[nH]2)CCC1. The highest BCUT2D eigenvalue weighted by Crippen LogP contribution is 2.43. The molecule has 2 aromatic carbocycles. The van der Waals surface area contributed by atoms with Crippen molar-refractivity contribution in [2.75, 3.05) is 0 Å². The number of aromatic nitrogens is 4. The average Bonchev–Trinajstić information content (AvgIpc) is 3.47. The molecule has 2 fully saturated rings. The molecule has 0 spiro atoms. The monoisotopic (exact) mass is 450 g/mol. The van der Waals surface area contributed by atoms with Crippen LogP contribution in [-0.4, -0.2) is 19.9 Å². The molecule has 4 nitrogen and oxygen atoms in total. The van der Waals surface area contributed by atoms with Crippen molar-refractivity contribution in [2.45, 2.75) is 65.2 Å². The molecule has 0 aliphatic heterocycles. The van der Waals surface area contributed by atoms with Crippen LogP contribution in [0.25, 0.3) is 33.6 Å². The van der Waals surface area contributed by atoms with E-state index in [1.807, 2.05) is 12.4 Å². The van der Waals surface area contributed by atoms with Gasteiger partial charge in [0, 0.05) is 12.8 Å². The third kappa shape index (κ3) is 4.22. The highest BCUT2D eigenvalue weighted by Gasteiger charge is 2.33. The predicted molar refractivity (Wildman–Crippen MR) is 138 cm³/mol. The summed E-state index contributed by atoms with van der Waals surface area (Å²) in [5.74, 6) is 2.22. The van der Waals surface area contributed by atoms with Gasteiger partial charge in [-0.15, -0.1) is 0 Å². The van der Waals surface area contributed by atoms with Crippen LogP contribution < -0.4 is 0 Å². The number of nitrogens with one attached hydrogen (secondary N) is 2. The molecular weight excluding hydrogens is 416 g/mol. The van der Waals surface area contributed by atoms with Crippen molar-refractivity contribution in [2.24, 2.45) is 10.8 Å². The van der Waals surface area contributed by atoms with Crippen LogP contribution in [0.3, 0.4) is 0 Å². The third-order valence-electron chi connectivity index (χ3n) is 8.29. The summed E-state index contributed by atoms with van der Waals surface area (Å²) in [5.41, 5.74) is 7.90. The lowest BCUT2D eigenvalue weighted by Crippen LogP contribution is -2.28. The minimum absolute atomic E-state index is 0.442. The minimum Gasteiger partial charge on any atom is -0.342 e. The molecule has 2 heterocycles. The molecule has 34 heavy (non-hydrogen) atoms. The zero-order valence-electron chi connectivity index (χ0n) is 20.3. The predicted octanol–water partition coefficient (Wildman–Crippen LogP) is 7.60. The number of nitrogens with zero attached hydrogens (tertiary/aromatic N) is 2. The number of aromatic amines is 2. The number of hydrogen-bond donors (Lipinski definition) is 2. The van der Waals surface area contributed by atoms with Crippen LogP contribution in [0.2, 0.25) is 0 Å². The molecule has 2 saturated carbocycles. The van der Waals surface area contributed by atoms with Crippen molar-refractivity contribution in [3.05, 3.63) is 72.6 Å². The number of hydrogen-bond acceptors (Lipinski definition) is 2. The summed E-state index contributed by atoms with van der Waals surface area (Å²) in [6.07, 6.45) is 14.0. The summed E-state index contributed by atoms with van der Waals surface area (Å²) in [5, 5.41) is 0. The van der Waals surface area contributed by atoms with E-state index in [4.69, 9.17) is 0 Å². The van der Waals surface area contributed by atoms with E-state index in [0.717, 1.165) is 35.9 Å². The van der Waals surface area contributed by atoms with Gasteiger partial charge >= 0.3 is 0 Å². The van der Waals surface area contributed by atoms with Crippen LogP contribution in [0.1, 0.15) is 64.0 Å². The Morgan fingerprint density at radius 2 is 0.941 bits per heavy atom. The van der Waals surface area contributed by atoms with E-state index in [-0.39, 0.29) is 0 Å². The van der Waals surface area contributed by atoms with Crippen molar-refractivity contribution in [3.8, 4) is 33.6 Å². The summed E-state index contributed by atoms with van der Waals surface area (Å²) in [6.45, 7) is 4.75. The highest BCUT2D eigenvalue weighted by atomic mass is 14.9. The number of imidazole rings is 2. The summed E-state index contributed by atoms with van der Waals surface area (Å²) in [7, 11) is 0. The number of benzene rings is 2. The van der Waals surface area contributed by atoms with Gasteiger partial charge in [0.15, 0.2) is 0 Å². The maximum atomic E-state index is 4.64. The Bertz CT molecular complexity index is 1170. The van der Waals surface area contributed by atoms with Crippen LogP contribution in [0.15, 0.2) is 60.9 Å². The molecule has 2 aliphatic carbocycles. The Morgan fingerprint density at radius 3 is 1.26 bits per heavy atom. The molecule has 174 valence electrons. The molecule has 0 atom stereocenters. The summed E-state index contributed by atoms with van der Waals surface area (Å²) < 4.78 is 0. The van der Waals surface area contributed by atoms with Crippen LogP contribution >= 0.6 is 0 Å². The van der Waals surface area contributed by atoms with Gasteiger partial charge in [0.05, 0.1) is 23.8 Å². The van der Waals surface area contributed by atoms with Gasteiger partial charge in [0.2, 0.25) is 0 Å². The molecule has 0 unspecified atom stereocenters. The molecular formula is C30H34N4. The molecule has 0 saturated heterocycles. The van der Waals surface area contributed by atoms with E-state index in [0.29, 0.717) is 10.8 Å². The largest absolute Gasteiger partial charge is 0.342 e. The van der Waals surface area contributed by atoms with Crippen molar-refractivity contribution in [1.29, 1.82) is 0 Å². The van der Waals surface area contributed by atoms with E-state index in [9.17, 15) is 0 Å². The first-order valence-corrected chi connectivity index (χ1v) is 12.8. The molecule has 6 rings (SSSR count). The first-order valence-electron chi connectivity index (χ1n) is 12.8. The van der Waals surface area contributed by atoms with Crippen LogP contribution in [0.5, 0.6) is 0 Å². The van der Waals surface area contributed by atoms with Gasteiger partial charge < -0.3 is 9.97 Å². The van der Waals surface area contributed by atoms with Crippen LogP contribution in [-0.2, 0) is 12.8 Å². The summed E-state index contributed by atoms with van der Waals surface area (Å²) in [6, 6.07) is 17.6. The van der Waals surface area contributed by atoms with Gasteiger partial charge in [0.25, 0.3) is 0 Å². The zero-order valence-corrected chi connectivity index (χ0v) is 20.3. The molecule has 2 N–H and O–H groups in total. The molecule has 0 bridgehead atoms. The molecule has 2 aromatic heterocycles. The second-order valence-corrected chi connectivity index (χ2v) is 11.3. The fourth-order valence-electron chi connectivity index (χ4n) is 5.61. The fourth-order valence-corrected chi connectivity index (χ4v) is 5.61. The lowest BCUT2D eigenvalue weighted by molar-refractivity contribution is 0.158. The van der Waals surface area contributed by atoms with Gasteiger partial charge in [-0.3, -0.25) is 0 Å². The Balaban J connectivity index is 1.13. The summed E-state index contributed by atoms with van der Waals surface area (Å²) in [4.78, 5) is 16.4. The first kappa shape index (κ1) is 21.4. The van der Waals surface area contributed by atoms with Gasteiger partial charge in [-0.05, 0) is 58.8 Å². The maximum Gasteiger partial charge on any atom is 0.107 e. The standard InChI is InChI=1S/C30H34N4/c1-29(13-3-14-29)17-27-31-19-25(33-27)23-9-5-21(6-10-23)22-7-11-24(12-8-22)26-20-32-28(34-26)18-30(2)15-4-16-30/h5-12,19-20H,3-4,13-18H2,1-2H3,(H,31,33)(H,32,34). The fraction of sp³-hybridized carbons (Fsp3) is 0.400. The highest BCUT2D eigenvalue weighted by molar-refractivity contribution is 5.71. The quantitative estimate of drug-likeness (QED) is 0.304. The van der Waals surface area contributed by atoms with E-state index < -0.39 is 0 Å². The summed E-state index contributed by atoms with van der Waals surface area (Å²) >= 11 is 0. The number of H-pyrrole nitrogens is 2. The molecule has 4 heteroatoms. The topological polar surface area (TPSA) is 57.4 Å². The molecule has 2 aliphatic rings. The lowest BCUT2D eigenvalue weighted by atomic mass is 9.68. The van der Waals surface area contributed by atoms with Crippen molar-refractivity contribution >= 4 is 0 Å². The first-order chi connectivity index (χ1) is 16.5. The lowest BCUT2D eigenvalue weighted by Gasteiger charge is -2.37. The van der Waals surface area contributed by atoms with Crippen molar-refractivity contribution in [1.82, 2.24) is 19.9 Å². The van der Waals surface area contributed by atoms with E-state index in [1.165, 1.54) is 60.8 Å². The normalized spacial score (nSPS) is 18.3. The van der Waals surface area contributed by atoms with Gasteiger partial charge in [0.1, 0.15) is 11.6 Å². The van der Waals surface area contributed by atoms with E-state index >= 15 is 0 Å². The molecule has 4 aromatic rings. The zero-order chi connectivity index (χ0) is 23.2. The Kier molecular flexibility index (Phi) is 5.20. The smallest absolute Gasteiger partial charge is 0.107 e. The number of rotatable bonds is 7. The average molecular weight is 451 g/mol. The van der Waals surface area contributed by atoms with E-state index in [1.54, 1.807) is 0 Å². The second-order valence-electron chi connectivity index (χ2n) is 11.3. The third-order valence-corrected chi connectivity index (χ3v) is 8.29. The van der Waals surface area contributed by atoms with Crippen molar-refractivity contribution in [3.63, 3.8) is 0 Å². The van der Waals surface area contributed by atoms with Crippen LogP contribution in [0.4, 0.5) is 0 Å². The van der Waals surface area contributed by atoms with Gasteiger partial charge in [-0.2, -0.15) is 0 Å². The van der Waals surface area contributed by atoms with Gasteiger partial charge in [-0.25, -0.2) is 9.97 Å². The molecule has 0 radical (unpaired) electrons. The Labute approximate surface area is 202 Å². The van der Waals surface area contributed by atoms with Gasteiger partial charge in [-0.1, -0.05) is 75.2 Å². The van der Waals surface area contributed by atoms with Crippen molar-refractivity contribution < 1.29 is 0 Å². The van der Waals surface area contributed by atoms with Crippen LogP contribution in [0, 0.1) is 10.8 Å². The second kappa shape index (κ2) is 8.26. The maximum absolute atomic E-state index is 4.64.